The average Bonchev–Trinajstić information content (AvgIpc) is 2.95. The average molecular weight is 370 g/mol. The fraction of sp³-hybridized carbons (Fsp3) is 0.545. The number of ether oxygens (including phenoxy) is 1. The van der Waals surface area contributed by atoms with E-state index in [1.165, 1.54) is 5.57 Å². The van der Waals surface area contributed by atoms with Gasteiger partial charge < -0.3 is 14.7 Å². The minimum absolute atomic E-state index is 0.0177. The molecule has 0 saturated heterocycles. The van der Waals surface area contributed by atoms with Crippen molar-refractivity contribution >= 4 is 11.6 Å². The Morgan fingerprint density at radius 1 is 1.19 bits per heavy atom. The van der Waals surface area contributed by atoms with Crippen LogP contribution in [-0.2, 0) is 11.2 Å². The van der Waals surface area contributed by atoms with Crippen molar-refractivity contribution in [1.82, 2.24) is 4.90 Å². The maximum absolute atomic E-state index is 13.3. The summed E-state index contributed by atoms with van der Waals surface area (Å²) in [7, 11) is 1.83. The molecule has 0 spiro atoms. The zero-order valence-electron chi connectivity index (χ0n) is 17.5. The molecule has 3 rings (SSSR count). The molecule has 0 bridgehead atoms. The van der Waals surface area contributed by atoms with E-state index in [0.29, 0.717) is 25.1 Å². The van der Waals surface area contributed by atoms with Crippen LogP contribution in [0.1, 0.15) is 49.4 Å². The van der Waals surface area contributed by atoms with Crippen LogP contribution in [0.3, 0.4) is 0 Å². The second-order valence-corrected chi connectivity index (χ2v) is 8.19. The molecule has 5 nitrogen and oxygen atoms in total. The molecular formula is C22H30N2O3. The number of amides is 1. The molecule has 0 saturated carbocycles. The van der Waals surface area contributed by atoms with Gasteiger partial charge in [0.15, 0.2) is 5.60 Å². The van der Waals surface area contributed by atoms with Crippen LogP contribution >= 0.6 is 0 Å². The number of likely N-dealkylation sites (N-methyl/N-ethyl adjacent to an activating group) is 1. The van der Waals surface area contributed by atoms with E-state index < -0.39 is 5.60 Å². The first kappa shape index (κ1) is 19.5. The summed E-state index contributed by atoms with van der Waals surface area (Å²) in [5, 5.41) is 10.3. The number of phenolic OH excluding ortho intramolecular Hbond substituents is 1. The van der Waals surface area contributed by atoms with Gasteiger partial charge in [-0.1, -0.05) is 0 Å². The van der Waals surface area contributed by atoms with Gasteiger partial charge in [-0.25, -0.2) is 0 Å². The normalized spacial score (nSPS) is 21.7. The van der Waals surface area contributed by atoms with Gasteiger partial charge in [-0.15, -0.1) is 0 Å². The molecule has 1 unspecified atom stereocenters. The van der Waals surface area contributed by atoms with Crippen LogP contribution in [0.5, 0.6) is 11.5 Å². The first-order chi connectivity index (χ1) is 12.6. The highest BCUT2D eigenvalue weighted by atomic mass is 16.5. The van der Waals surface area contributed by atoms with Crippen LogP contribution in [0.4, 0.5) is 0 Å². The Labute approximate surface area is 161 Å². The Hall–Kier alpha value is -2.30. The Morgan fingerprint density at radius 3 is 2.44 bits per heavy atom. The summed E-state index contributed by atoms with van der Waals surface area (Å²) in [5.74, 6) is 1.07. The van der Waals surface area contributed by atoms with Crippen molar-refractivity contribution in [2.45, 2.75) is 60.0 Å². The van der Waals surface area contributed by atoms with Crippen molar-refractivity contribution in [3.05, 3.63) is 33.4 Å². The summed E-state index contributed by atoms with van der Waals surface area (Å²) in [6, 6.07) is 0. The first-order valence-corrected chi connectivity index (χ1v) is 9.53. The number of carbonyl (C=O) groups is 1. The number of carbonyl (C=O) groups excluding carboxylic acids is 1. The number of rotatable bonds is 3. The number of hydrogen-bond donors (Lipinski definition) is 1. The fourth-order valence-electron chi connectivity index (χ4n) is 4.10. The van der Waals surface area contributed by atoms with Gasteiger partial charge in [0.25, 0.3) is 5.91 Å². The second-order valence-electron chi connectivity index (χ2n) is 8.19. The molecule has 2 heterocycles. The highest BCUT2D eigenvalue weighted by Gasteiger charge is 2.42. The number of fused-ring (bicyclic) bond motifs is 1. The van der Waals surface area contributed by atoms with Gasteiger partial charge >= 0.3 is 0 Å². The number of benzene rings is 1. The summed E-state index contributed by atoms with van der Waals surface area (Å²) in [5.41, 5.74) is 6.09. The summed E-state index contributed by atoms with van der Waals surface area (Å²) < 4.78 is 6.32. The molecule has 0 fully saturated rings. The maximum atomic E-state index is 13.3. The molecule has 1 amide bonds. The van der Waals surface area contributed by atoms with Crippen LogP contribution in [0.25, 0.3) is 0 Å². The molecule has 2 aliphatic heterocycles. The standard InChI is InChI=1S/C22H30N2O3/c1-12-10-23-16(5)18(12)11-24(7)21(26)22(6)9-8-17-15(4)19(25)13(2)14(3)20(17)27-22/h25H,8-11H2,1-7H3. The SMILES string of the molecule is CC1=NCC(C)=C1CN(C)C(=O)C1(C)CCc2c(C)c(O)c(C)c(C)c2O1. The smallest absolute Gasteiger partial charge is 0.266 e. The molecule has 1 aromatic carbocycles. The minimum Gasteiger partial charge on any atom is -0.507 e. The van der Waals surface area contributed by atoms with E-state index in [1.54, 1.807) is 4.90 Å². The fourth-order valence-corrected chi connectivity index (χ4v) is 4.10. The summed E-state index contributed by atoms with van der Waals surface area (Å²) in [4.78, 5) is 19.5. The lowest BCUT2D eigenvalue weighted by Crippen LogP contribution is -2.52. The molecular weight excluding hydrogens is 340 g/mol. The van der Waals surface area contributed by atoms with Crippen molar-refractivity contribution < 1.29 is 14.6 Å². The van der Waals surface area contributed by atoms with E-state index in [0.717, 1.165) is 45.8 Å². The zero-order chi connectivity index (χ0) is 20.1. The topological polar surface area (TPSA) is 62.1 Å². The van der Waals surface area contributed by atoms with Gasteiger partial charge in [0.2, 0.25) is 0 Å². The number of phenols is 1. The van der Waals surface area contributed by atoms with Gasteiger partial charge in [-0.3, -0.25) is 9.79 Å². The van der Waals surface area contributed by atoms with Crippen LogP contribution in [-0.4, -0.2) is 47.4 Å². The van der Waals surface area contributed by atoms with E-state index in [2.05, 4.69) is 11.9 Å². The zero-order valence-corrected chi connectivity index (χ0v) is 17.5. The molecule has 2 aliphatic rings. The number of aromatic hydroxyl groups is 1. The Bertz CT molecular complexity index is 882. The quantitative estimate of drug-likeness (QED) is 0.883. The minimum atomic E-state index is -0.902. The van der Waals surface area contributed by atoms with Crippen LogP contribution < -0.4 is 4.74 Å². The van der Waals surface area contributed by atoms with E-state index in [1.807, 2.05) is 41.7 Å². The third-order valence-corrected chi connectivity index (χ3v) is 6.22. The number of nitrogens with zero attached hydrogens (tertiary/aromatic N) is 2. The van der Waals surface area contributed by atoms with Gasteiger partial charge in [-0.2, -0.15) is 0 Å². The molecule has 0 aromatic heterocycles. The number of hydrogen-bond acceptors (Lipinski definition) is 4. The Balaban J connectivity index is 1.87. The van der Waals surface area contributed by atoms with Crippen molar-refractivity contribution in [1.29, 1.82) is 0 Å². The lowest BCUT2D eigenvalue weighted by Gasteiger charge is -2.39. The first-order valence-electron chi connectivity index (χ1n) is 9.53. The summed E-state index contributed by atoms with van der Waals surface area (Å²) >= 11 is 0. The predicted octanol–water partition coefficient (Wildman–Crippen LogP) is 3.65. The van der Waals surface area contributed by atoms with Crippen molar-refractivity contribution in [3.63, 3.8) is 0 Å². The molecule has 146 valence electrons. The van der Waals surface area contributed by atoms with Crippen LogP contribution in [0, 0.1) is 20.8 Å². The molecule has 5 heteroatoms. The summed E-state index contributed by atoms with van der Waals surface area (Å²) in [6.45, 7) is 13.0. The van der Waals surface area contributed by atoms with E-state index in [-0.39, 0.29) is 5.91 Å². The lowest BCUT2D eigenvalue weighted by molar-refractivity contribution is -0.146. The van der Waals surface area contributed by atoms with Gasteiger partial charge in [-0.05, 0) is 75.8 Å². The molecule has 27 heavy (non-hydrogen) atoms. The van der Waals surface area contributed by atoms with Gasteiger partial charge in [0.1, 0.15) is 11.5 Å². The van der Waals surface area contributed by atoms with E-state index >= 15 is 0 Å². The molecule has 0 radical (unpaired) electrons. The van der Waals surface area contributed by atoms with Gasteiger partial charge in [0, 0.05) is 31.3 Å². The second kappa shape index (κ2) is 6.70. The van der Waals surface area contributed by atoms with E-state index in [9.17, 15) is 9.90 Å². The Morgan fingerprint density at radius 2 is 1.85 bits per heavy atom. The monoisotopic (exact) mass is 370 g/mol. The molecule has 1 N–H and O–H groups in total. The third kappa shape index (κ3) is 3.13. The molecule has 1 aromatic rings. The van der Waals surface area contributed by atoms with Crippen molar-refractivity contribution in [2.24, 2.45) is 4.99 Å². The largest absolute Gasteiger partial charge is 0.507 e. The summed E-state index contributed by atoms with van der Waals surface area (Å²) in [6.07, 6.45) is 1.31. The molecule has 0 aliphatic carbocycles. The number of aliphatic imine (C=N–C) groups is 1. The third-order valence-electron chi connectivity index (χ3n) is 6.22. The highest BCUT2D eigenvalue weighted by Crippen LogP contribution is 2.43. The molecule has 1 atom stereocenters. The predicted molar refractivity (Wildman–Crippen MR) is 108 cm³/mol. The van der Waals surface area contributed by atoms with Crippen LogP contribution in [0.2, 0.25) is 0 Å². The van der Waals surface area contributed by atoms with Crippen LogP contribution in [0.15, 0.2) is 16.1 Å². The highest BCUT2D eigenvalue weighted by molar-refractivity contribution is 6.01. The van der Waals surface area contributed by atoms with E-state index in [4.69, 9.17) is 4.74 Å². The maximum Gasteiger partial charge on any atom is 0.266 e. The van der Waals surface area contributed by atoms with Gasteiger partial charge in [0.05, 0.1) is 6.54 Å². The van der Waals surface area contributed by atoms with Crippen molar-refractivity contribution in [2.75, 3.05) is 20.1 Å². The lowest BCUT2D eigenvalue weighted by atomic mass is 9.86. The Kier molecular flexibility index (Phi) is 4.83. The van der Waals surface area contributed by atoms with Crippen molar-refractivity contribution in [3.8, 4) is 11.5 Å².